The van der Waals surface area contributed by atoms with Crippen LogP contribution in [0, 0.1) is 5.92 Å². The van der Waals surface area contributed by atoms with Gasteiger partial charge < -0.3 is 35.1 Å². The van der Waals surface area contributed by atoms with E-state index in [4.69, 9.17) is 24.8 Å². The van der Waals surface area contributed by atoms with E-state index in [0.29, 0.717) is 23.8 Å². The molecule has 0 bridgehead atoms. The van der Waals surface area contributed by atoms with E-state index < -0.39 is 24.1 Å². The molecule has 1 amide bonds. The van der Waals surface area contributed by atoms with Crippen LogP contribution in [0.15, 0.2) is 33.2 Å². The number of benzene rings is 1. The molecule has 2 fully saturated rings. The van der Waals surface area contributed by atoms with Crippen molar-refractivity contribution >= 4 is 44.7 Å². The van der Waals surface area contributed by atoms with Crippen molar-refractivity contribution in [1.29, 1.82) is 0 Å². The van der Waals surface area contributed by atoms with Crippen LogP contribution < -0.4 is 5.32 Å². The first-order valence-corrected chi connectivity index (χ1v) is 10.4. The van der Waals surface area contributed by atoms with Crippen molar-refractivity contribution in [3.05, 3.63) is 34.5 Å². The third kappa shape index (κ3) is 4.90. The highest BCUT2D eigenvalue weighted by molar-refractivity contribution is 9.10. The van der Waals surface area contributed by atoms with Gasteiger partial charge in [0.1, 0.15) is 5.58 Å². The fourth-order valence-electron chi connectivity index (χ4n) is 3.82. The van der Waals surface area contributed by atoms with Gasteiger partial charge in [0.15, 0.2) is 18.0 Å². The number of rotatable bonds is 6. The second-order valence-corrected chi connectivity index (χ2v) is 8.41. The summed E-state index contributed by atoms with van der Waals surface area (Å²) >= 11 is 3.47. The summed E-state index contributed by atoms with van der Waals surface area (Å²) in [7, 11) is 1.94. The van der Waals surface area contributed by atoms with Crippen LogP contribution in [-0.2, 0) is 9.59 Å². The zero-order valence-corrected chi connectivity index (χ0v) is 18.2. The number of halogens is 1. The van der Waals surface area contributed by atoms with Gasteiger partial charge in [0.05, 0.1) is 4.47 Å². The predicted octanol–water partition coefficient (Wildman–Crippen LogP) is 0.895. The number of hydrogen-bond donors (Lipinski definition) is 5. The van der Waals surface area contributed by atoms with Crippen LogP contribution in [-0.4, -0.2) is 81.1 Å². The molecule has 4 rings (SSSR count). The smallest absolute Gasteiger partial charge is 0.335 e. The number of likely N-dealkylation sites (N-methyl/N-ethyl adjacent to an activating group) is 1. The van der Waals surface area contributed by atoms with Crippen molar-refractivity contribution in [1.82, 2.24) is 10.2 Å². The summed E-state index contributed by atoms with van der Waals surface area (Å²) in [6, 6.07) is 8.42. The zero-order valence-electron chi connectivity index (χ0n) is 16.6. The highest BCUT2D eigenvalue weighted by Gasteiger charge is 2.54. The molecule has 0 radical (unpaired) electrons. The van der Waals surface area contributed by atoms with Crippen molar-refractivity contribution in [3.63, 3.8) is 0 Å². The van der Waals surface area contributed by atoms with E-state index in [9.17, 15) is 14.4 Å². The first-order chi connectivity index (χ1) is 14.6. The summed E-state index contributed by atoms with van der Waals surface area (Å²) in [6.07, 6.45) is -2.27. The molecular weight excluding hydrogens is 476 g/mol. The number of nitrogens with one attached hydrogen (secondary N) is 1. The van der Waals surface area contributed by atoms with Crippen LogP contribution in [0.2, 0.25) is 0 Å². The normalized spacial score (nSPS) is 23.5. The number of fused-ring (bicyclic) bond motifs is 2. The lowest BCUT2D eigenvalue weighted by Gasteiger charge is -2.26. The maximum Gasteiger partial charge on any atom is 0.335 e. The monoisotopic (exact) mass is 498 g/mol. The van der Waals surface area contributed by atoms with E-state index >= 15 is 0 Å². The summed E-state index contributed by atoms with van der Waals surface area (Å²) in [4.78, 5) is 34.4. The van der Waals surface area contributed by atoms with Gasteiger partial charge in [-0.1, -0.05) is 12.1 Å². The fraction of sp³-hybridized carbons (Fsp3) is 0.450. The molecule has 1 saturated heterocycles. The average molecular weight is 499 g/mol. The number of amides is 1. The Morgan fingerprint density at radius 3 is 2.39 bits per heavy atom. The Morgan fingerprint density at radius 1 is 1.19 bits per heavy atom. The van der Waals surface area contributed by atoms with Gasteiger partial charge in [0.25, 0.3) is 5.91 Å². The number of nitrogens with zero attached hydrogens (tertiary/aromatic N) is 1. The lowest BCUT2D eigenvalue weighted by molar-refractivity contribution is -0.165. The van der Waals surface area contributed by atoms with E-state index in [1.807, 2.05) is 36.2 Å². The Bertz CT molecular complexity index is 975. The molecule has 2 aromatic rings. The molecule has 5 atom stereocenters. The number of aliphatic hydroxyl groups is 2. The van der Waals surface area contributed by atoms with Gasteiger partial charge in [-0.2, -0.15) is 0 Å². The third-order valence-corrected chi connectivity index (χ3v) is 6.02. The SMILES string of the molecule is CNCC1CC2CC2N1C(=O)c1cc2cccc(Br)c2o1.O=C(O)C(O)C(O)C(=O)O. The van der Waals surface area contributed by atoms with Crippen molar-refractivity contribution in [2.75, 3.05) is 13.6 Å². The molecule has 1 aliphatic heterocycles. The number of piperidine rings is 1. The Labute approximate surface area is 185 Å². The highest BCUT2D eigenvalue weighted by Crippen LogP contribution is 2.48. The lowest BCUT2D eigenvalue weighted by atomic mass is 10.1. The van der Waals surface area contributed by atoms with E-state index in [1.165, 1.54) is 0 Å². The number of hydrogen-bond acceptors (Lipinski definition) is 7. The number of carbonyl (C=O) groups is 3. The molecular formula is C20H23BrN2O8. The minimum atomic E-state index is -2.27. The van der Waals surface area contributed by atoms with Gasteiger partial charge in [-0.3, -0.25) is 4.79 Å². The number of aliphatic carboxylic acids is 2. The zero-order chi connectivity index (χ0) is 22.9. The standard InChI is InChI=1S/C16H17BrN2O2.C4H6O6/c1-18-8-11-5-10-6-13(10)19(11)16(20)14-7-9-3-2-4-12(17)15(9)21-14;5-1(3(7)8)2(6)4(9)10/h2-4,7,10-11,13,18H,5-6,8H2,1H3;1-2,5-6H,(H,7,8)(H,9,10). The van der Waals surface area contributed by atoms with Gasteiger partial charge >= 0.3 is 11.9 Å². The molecule has 5 N–H and O–H groups in total. The molecule has 1 aromatic heterocycles. The molecule has 10 nitrogen and oxygen atoms in total. The van der Waals surface area contributed by atoms with Crippen LogP contribution >= 0.6 is 15.9 Å². The highest BCUT2D eigenvalue weighted by atomic mass is 79.9. The largest absolute Gasteiger partial charge is 0.479 e. The third-order valence-electron chi connectivity index (χ3n) is 5.40. The minimum absolute atomic E-state index is 0.0309. The Morgan fingerprint density at radius 2 is 1.84 bits per heavy atom. The number of carboxylic acid groups (broad SMARTS) is 2. The summed E-state index contributed by atoms with van der Waals surface area (Å²) < 4.78 is 6.69. The second kappa shape index (κ2) is 9.35. The molecule has 2 heterocycles. The summed E-state index contributed by atoms with van der Waals surface area (Å²) in [5, 5.41) is 36.7. The lowest BCUT2D eigenvalue weighted by Crippen LogP contribution is -2.43. The van der Waals surface area contributed by atoms with E-state index in [-0.39, 0.29) is 5.91 Å². The first kappa shape index (κ1) is 23.2. The number of aliphatic hydroxyl groups excluding tert-OH is 2. The molecule has 1 aromatic carbocycles. The minimum Gasteiger partial charge on any atom is -0.479 e. The Kier molecular flexibility index (Phi) is 6.99. The molecule has 168 valence electrons. The van der Waals surface area contributed by atoms with Crippen LogP contribution in [0.4, 0.5) is 0 Å². The first-order valence-electron chi connectivity index (χ1n) is 9.62. The molecule has 11 heteroatoms. The maximum atomic E-state index is 12.8. The van der Waals surface area contributed by atoms with Gasteiger partial charge in [-0.15, -0.1) is 0 Å². The number of likely N-dealkylation sites (tertiary alicyclic amines) is 1. The summed E-state index contributed by atoms with van der Waals surface area (Å²) in [5.41, 5.74) is 0.748. The average Bonchev–Trinajstić information content (AvgIpc) is 3.18. The van der Waals surface area contributed by atoms with Gasteiger partial charge in [-0.25, -0.2) is 9.59 Å². The van der Waals surface area contributed by atoms with E-state index in [0.717, 1.165) is 34.8 Å². The van der Waals surface area contributed by atoms with Crippen molar-refractivity contribution in [2.45, 2.75) is 37.1 Å². The second-order valence-electron chi connectivity index (χ2n) is 7.56. The molecule has 5 unspecified atom stereocenters. The molecule has 2 aliphatic rings. The summed E-state index contributed by atoms with van der Waals surface area (Å²) in [5.74, 6) is -2.36. The van der Waals surface area contributed by atoms with Gasteiger partial charge in [0.2, 0.25) is 0 Å². The maximum absolute atomic E-state index is 12.8. The van der Waals surface area contributed by atoms with Crippen LogP contribution in [0.3, 0.4) is 0 Å². The number of para-hydroxylation sites is 1. The fourth-order valence-corrected chi connectivity index (χ4v) is 4.29. The van der Waals surface area contributed by atoms with Crippen LogP contribution in [0.1, 0.15) is 23.4 Å². The van der Waals surface area contributed by atoms with Gasteiger partial charge in [0, 0.05) is 24.0 Å². The van der Waals surface area contributed by atoms with Crippen molar-refractivity contribution in [2.24, 2.45) is 5.92 Å². The van der Waals surface area contributed by atoms with E-state index in [1.54, 1.807) is 0 Å². The summed E-state index contributed by atoms with van der Waals surface area (Å²) in [6.45, 7) is 0.850. The number of carbonyl (C=O) groups excluding carboxylic acids is 1. The molecule has 0 spiro atoms. The Balaban J connectivity index is 0.000000233. The quantitative estimate of drug-likeness (QED) is 0.389. The number of furan rings is 1. The van der Waals surface area contributed by atoms with E-state index in [2.05, 4.69) is 21.2 Å². The van der Waals surface area contributed by atoms with Crippen LogP contribution in [0.5, 0.6) is 0 Å². The molecule has 1 saturated carbocycles. The van der Waals surface area contributed by atoms with Crippen molar-refractivity contribution < 1.29 is 39.2 Å². The Hall–Kier alpha value is -2.47. The number of carboxylic acids is 2. The molecule has 31 heavy (non-hydrogen) atoms. The topological polar surface area (TPSA) is 161 Å². The van der Waals surface area contributed by atoms with Gasteiger partial charge in [-0.05, 0) is 53.9 Å². The molecule has 1 aliphatic carbocycles. The predicted molar refractivity (Wildman–Crippen MR) is 112 cm³/mol. The van der Waals surface area contributed by atoms with Crippen LogP contribution in [0.25, 0.3) is 11.0 Å². The van der Waals surface area contributed by atoms with Crippen molar-refractivity contribution in [3.8, 4) is 0 Å².